The number of hydrogen-bond donors (Lipinski definition) is 0. The molecule has 0 saturated heterocycles. The molecule has 0 radical (unpaired) electrons. The minimum atomic E-state index is -0.545. The van der Waals surface area contributed by atoms with Crippen molar-refractivity contribution in [2.24, 2.45) is 0 Å². The summed E-state index contributed by atoms with van der Waals surface area (Å²) in [7, 11) is 1.29. The van der Waals surface area contributed by atoms with Gasteiger partial charge in [-0.05, 0) is 26.0 Å². The van der Waals surface area contributed by atoms with Gasteiger partial charge in [0.15, 0.2) is 11.6 Å². The number of ether oxygens (including phenoxy) is 1. The van der Waals surface area contributed by atoms with Gasteiger partial charge in [0, 0.05) is 19.5 Å². The van der Waals surface area contributed by atoms with E-state index in [0.717, 1.165) is 0 Å². The summed E-state index contributed by atoms with van der Waals surface area (Å²) in [4.78, 5) is 32.0. The van der Waals surface area contributed by atoms with Crippen molar-refractivity contribution >= 4 is 11.9 Å². The van der Waals surface area contributed by atoms with E-state index in [1.54, 1.807) is 42.4 Å². The molecule has 2 aromatic heterocycles. The number of nitrogens with zero attached hydrogens (tertiary/aromatic N) is 5. The van der Waals surface area contributed by atoms with E-state index in [2.05, 4.69) is 19.9 Å². The van der Waals surface area contributed by atoms with E-state index < -0.39 is 5.97 Å². The third kappa shape index (κ3) is 3.93. The van der Waals surface area contributed by atoms with Crippen molar-refractivity contribution in [2.75, 3.05) is 20.2 Å². The Hall–Kier alpha value is -3.49. The first-order valence-electron chi connectivity index (χ1n) is 8.84. The maximum atomic E-state index is 13.1. The molecule has 1 amide bonds. The van der Waals surface area contributed by atoms with Gasteiger partial charge in [-0.3, -0.25) is 4.79 Å². The van der Waals surface area contributed by atoms with Crippen molar-refractivity contribution in [2.45, 2.75) is 20.3 Å². The van der Waals surface area contributed by atoms with E-state index >= 15 is 0 Å². The third-order valence-electron chi connectivity index (χ3n) is 4.25. The largest absolute Gasteiger partial charge is 0.464 e. The maximum Gasteiger partial charge on any atom is 0.360 e. The summed E-state index contributed by atoms with van der Waals surface area (Å²) in [6, 6.07) is 7.17. The van der Waals surface area contributed by atoms with Crippen LogP contribution in [0.5, 0.6) is 0 Å². The minimum Gasteiger partial charge on any atom is -0.464 e. The molecule has 3 rings (SSSR count). The van der Waals surface area contributed by atoms with Gasteiger partial charge < -0.3 is 14.1 Å². The second-order valence-corrected chi connectivity index (χ2v) is 5.97. The lowest BCUT2D eigenvalue weighted by molar-refractivity contribution is 0.0592. The SMILES string of the molecule is CCN(CCc1nc(C(=O)OC)c(C)o1)C(=O)c1ccccc1-n1nccn1. The fourth-order valence-corrected chi connectivity index (χ4v) is 2.82. The molecular weight excluding hydrogens is 362 g/mol. The average molecular weight is 383 g/mol. The Kier molecular flexibility index (Phi) is 5.83. The summed E-state index contributed by atoms with van der Waals surface area (Å²) < 4.78 is 10.2. The number of likely N-dealkylation sites (N-methyl/N-ethyl adjacent to an activating group) is 1. The Morgan fingerprint density at radius 2 is 1.93 bits per heavy atom. The highest BCUT2D eigenvalue weighted by Gasteiger charge is 2.21. The predicted molar refractivity (Wildman–Crippen MR) is 99.2 cm³/mol. The molecule has 0 aliphatic carbocycles. The van der Waals surface area contributed by atoms with Gasteiger partial charge in [-0.25, -0.2) is 9.78 Å². The number of para-hydroxylation sites is 1. The lowest BCUT2D eigenvalue weighted by Gasteiger charge is -2.21. The topological polar surface area (TPSA) is 103 Å². The van der Waals surface area contributed by atoms with Gasteiger partial charge in [0.1, 0.15) is 5.76 Å². The molecule has 146 valence electrons. The molecule has 0 fully saturated rings. The molecule has 0 spiro atoms. The molecule has 0 atom stereocenters. The van der Waals surface area contributed by atoms with Crippen LogP contribution in [0.3, 0.4) is 0 Å². The Labute approximate surface area is 161 Å². The second kappa shape index (κ2) is 8.47. The molecule has 0 bridgehead atoms. The van der Waals surface area contributed by atoms with Gasteiger partial charge in [0.05, 0.1) is 30.8 Å². The van der Waals surface area contributed by atoms with Crippen LogP contribution >= 0.6 is 0 Å². The van der Waals surface area contributed by atoms with Crippen LogP contribution in [0.2, 0.25) is 0 Å². The number of benzene rings is 1. The van der Waals surface area contributed by atoms with Crippen molar-refractivity contribution in [3.63, 3.8) is 0 Å². The van der Waals surface area contributed by atoms with E-state index in [-0.39, 0.29) is 11.6 Å². The van der Waals surface area contributed by atoms with Gasteiger partial charge in [-0.15, -0.1) is 0 Å². The standard InChI is InChI=1S/C19H21N5O4/c1-4-23(12-9-16-22-17(13(2)28-16)19(26)27-3)18(25)14-7-5-6-8-15(14)24-20-10-11-21-24/h5-8,10-11H,4,9,12H2,1-3H3. The Balaban J connectivity index is 1.76. The van der Waals surface area contributed by atoms with Crippen molar-refractivity contribution in [3.05, 3.63) is 59.6 Å². The molecule has 1 aromatic carbocycles. The molecule has 0 aliphatic rings. The zero-order valence-electron chi connectivity index (χ0n) is 16.0. The molecule has 28 heavy (non-hydrogen) atoms. The number of carbonyl (C=O) groups is 2. The fourth-order valence-electron chi connectivity index (χ4n) is 2.82. The average Bonchev–Trinajstić information content (AvgIpc) is 3.37. The van der Waals surface area contributed by atoms with Crippen LogP contribution in [0.4, 0.5) is 0 Å². The van der Waals surface area contributed by atoms with Gasteiger partial charge >= 0.3 is 5.97 Å². The van der Waals surface area contributed by atoms with Gasteiger partial charge in [-0.2, -0.15) is 15.0 Å². The number of methoxy groups -OCH3 is 1. The number of oxazole rings is 1. The monoisotopic (exact) mass is 383 g/mol. The number of aromatic nitrogens is 4. The zero-order chi connectivity index (χ0) is 20.1. The molecule has 9 nitrogen and oxygen atoms in total. The van der Waals surface area contributed by atoms with Gasteiger partial charge in [-0.1, -0.05) is 12.1 Å². The van der Waals surface area contributed by atoms with Crippen LogP contribution in [0.25, 0.3) is 5.69 Å². The molecule has 0 aliphatic heterocycles. The van der Waals surface area contributed by atoms with Crippen molar-refractivity contribution in [1.82, 2.24) is 24.9 Å². The van der Waals surface area contributed by atoms with Crippen LogP contribution in [0.1, 0.15) is 39.4 Å². The maximum absolute atomic E-state index is 13.1. The summed E-state index contributed by atoms with van der Waals surface area (Å²) in [5.41, 5.74) is 1.26. The first-order chi connectivity index (χ1) is 13.5. The fraction of sp³-hybridized carbons (Fsp3) is 0.316. The highest BCUT2D eigenvalue weighted by molar-refractivity contribution is 5.97. The van der Waals surface area contributed by atoms with E-state index in [0.29, 0.717) is 42.4 Å². The first kappa shape index (κ1) is 19.3. The predicted octanol–water partition coefficient (Wildman–Crippen LogP) is 2.06. The first-order valence-corrected chi connectivity index (χ1v) is 8.84. The molecular formula is C19H21N5O4. The summed E-state index contributed by atoms with van der Waals surface area (Å²) in [5, 5.41) is 8.22. The van der Waals surface area contributed by atoms with Crippen LogP contribution < -0.4 is 0 Å². The van der Waals surface area contributed by atoms with E-state index in [4.69, 9.17) is 4.42 Å². The molecule has 0 unspecified atom stereocenters. The van der Waals surface area contributed by atoms with E-state index in [9.17, 15) is 9.59 Å². The number of hydrogen-bond acceptors (Lipinski definition) is 7. The Morgan fingerprint density at radius 3 is 2.61 bits per heavy atom. The number of amides is 1. The number of carbonyl (C=O) groups excluding carboxylic acids is 2. The molecule has 9 heteroatoms. The van der Waals surface area contributed by atoms with Gasteiger partial charge in [0.2, 0.25) is 0 Å². The summed E-state index contributed by atoms with van der Waals surface area (Å²) in [6.07, 6.45) is 3.49. The van der Waals surface area contributed by atoms with E-state index in [1.165, 1.54) is 11.9 Å². The Bertz CT molecular complexity index is 965. The van der Waals surface area contributed by atoms with E-state index in [1.807, 2.05) is 13.0 Å². The lowest BCUT2D eigenvalue weighted by atomic mass is 10.1. The number of aryl methyl sites for hydroxylation is 1. The third-order valence-corrected chi connectivity index (χ3v) is 4.25. The summed E-state index contributed by atoms with van der Waals surface area (Å²) >= 11 is 0. The number of rotatable bonds is 7. The molecule has 3 aromatic rings. The van der Waals surface area contributed by atoms with Crippen LogP contribution in [-0.4, -0.2) is 57.0 Å². The molecule has 0 saturated carbocycles. The van der Waals surface area contributed by atoms with Crippen LogP contribution in [0.15, 0.2) is 41.1 Å². The summed E-state index contributed by atoms with van der Waals surface area (Å²) in [6.45, 7) is 4.44. The van der Waals surface area contributed by atoms with Crippen molar-refractivity contribution in [1.29, 1.82) is 0 Å². The zero-order valence-corrected chi connectivity index (χ0v) is 16.0. The van der Waals surface area contributed by atoms with Crippen LogP contribution in [-0.2, 0) is 11.2 Å². The highest BCUT2D eigenvalue weighted by Crippen LogP contribution is 2.16. The van der Waals surface area contributed by atoms with Crippen molar-refractivity contribution < 1.29 is 18.7 Å². The molecule has 0 N–H and O–H groups in total. The second-order valence-electron chi connectivity index (χ2n) is 5.97. The molecule has 2 heterocycles. The smallest absolute Gasteiger partial charge is 0.360 e. The Morgan fingerprint density at radius 1 is 1.21 bits per heavy atom. The number of esters is 1. The normalized spacial score (nSPS) is 10.7. The lowest BCUT2D eigenvalue weighted by Crippen LogP contribution is -2.33. The van der Waals surface area contributed by atoms with Crippen LogP contribution in [0, 0.1) is 6.92 Å². The quantitative estimate of drug-likeness (QED) is 0.575. The highest BCUT2D eigenvalue weighted by atomic mass is 16.5. The summed E-state index contributed by atoms with van der Waals surface area (Å²) in [5.74, 6) is 0.0842. The van der Waals surface area contributed by atoms with Gasteiger partial charge in [0.25, 0.3) is 5.91 Å². The van der Waals surface area contributed by atoms with Crippen molar-refractivity contribution in [3.8, 4) is 5.69 Å². The minimum absolute atomic E-state index is 0.146.